The van der Waals surface area contributed by atoms with Gasteiger partial charge in [-0.3, -0.25) is 15.4 Å². The van der Waals surface area contributed by atoms with Gasteiger partial charge in [0.15, 0.2) is 0 Å². The molecule has 0 radical (unpaired) electrons. The van der Waals surface area contributed by atoms with Crippen LogP contribution in [0.4, 0.5) is 10.5 Å². The summed E-state index contributed by atoms with van der Waals surface area (Å²) >= 11 is 16.5. The summed E-state index contributed by atoms with van der Waals surface area (Å²) in [5.74, 6) is 0. The fraction of sp³-hybridized carbons (Fsp3) is 0.300. The average Bonchev–Trinajstić information content (AvgIpc) is 2.27. The number of hydrogen-bond donors (Lipinski definition) is 1. The molecule has 0 aliphatic rings. The molecule has 1 atom stereocenters. The molecule has 1 aromatic carbocycles. The number of para-hydroxylation sites is 1. The molecule has 0 heterocycles. The number of nitrogens with one attached hydrogen (secondary N) is 1. The lowest BCUT2D eigenvalue weighted by molar-refractivity contribution is -0.489. The van der Waals surface area contributed by atoms with Gasteiger partial charge in [-0.25, -0.2) is 4.79 Å². The lowest BCUT2D eigenvalue weighted by atomic mass is 10.3. The number of carbonyl (C=O) groups is 1. The second-order valence-electron chi connectivity index (χ2n) is 3.44. The standard InChI is InChI=1S/C10H9Cl3N2O4/c11-10(12,13)8(6-15(17)18)19-9(16)14-7-4-2-1-3-5-7/h1-5,8H,6H2,(H,14,16)/t8-/m0/s1. The highest BCUT2D eigenvalue weighted by Gasteiger charge is 2.40. The van der Waals surface area contributed by atoms with Gasteiger partial charge in [0.05, 0.1) is 0 Å². The van der Waals surface area contributed by atoms with E-state index in [1.165, 1.54) is 0 Å². The molecule has 0 aromatic heterocycles. The van der Waals surface area contributed by atoms with Gasteiger partial charge in [-0.05, 0) is 12.1 Å². The molecule has 1 rings (SSSR count). The fourth-order valence-electron chi connectivity index (χ4n) is 1.14. The molecule has 9 heteroatoms. The summed E-state index contributed by atoms with van der Waals surface area (Å²) in [6.07, 6.45) is -2.43. The van der Waals surface area contributed by atoms with Crippen molar-refractivity contribution in [1.82, 2.24) is 0 Å². The van der Waals surface area contributed by atoms with E-state index in [2.05, 4.69) is 5.32 Å². The Morgan fingerprint density at radius 3 is 2.42 bits per heavy atom. The Morgan fingerprint density at radius 2 is 1.95 bits per heavy atom. The molecule has 0 fully saturated rings. The van der Waals surface area contributed by atoms with E-state index in [0.717, 1.165) is 0 Å². The van der Waals surface area contributed by atoms with Crippen LogP contribution < -0.4 is 5.32 Å². The minimum absolute atomic E-state index is 0.455. The van der Waals surface area contributed by atoms with Crippen molar-refractivity contribution in [3.63, 3.8) is 0 Å². The van der Waals surface area contributed by atoms with E-state index in [9.17, 15) is 14.9 Å². The molecule has 0 saturated carbocycles. The summed E-state index contributed by atoms with van der Waals surface area (Å²) in [4.78, 5) is 21.2. The van der Waals surface area contributed by atoms with Crippen LogP contribution in [-0.2, 0) is 4.74 Å². The summed E-state index contributed by atoms with van der Waals surface area (Å²) in [6.45, 7) is -0.807. The number of hydrogen-bond acceptors (Lipinski definition) is 4. The second kappa shape index (κ2) is 6.79. The smallest absolute Gasteiger partial charge is 0.412 e. The number of carbonyl (C=O) groups excluding carboxylic acids is 1. The molecule has 1 amide bonds. The monoisotopic (exact) mass is 326 g/mol. The molecular weight excluding hydrogens is 318 g/mol. The quantitative estimate of drug-likeness (QED) is 0.523. The van der Waals surface area contributed by atoms with Crippen LogP contribution in [0.3, 0.4) is 0 Å². The lowest BCUT2D eigenvalue weighted by Gasteiger charge is -2.21. The van der Waals surface area contributed by atoms with Crippen molar-refractivity contribution >= 4 is 46.6 Å². The van der Waals surface area contributed by atoms with E-state index in [1.54, 1.807) is 30.3 Å². The Bertz CT molecular complexity index is 450. The highest BCUT2D eigenvalue weighted by molar-refractivity contribution is 6.68. The Labute approximate surface area is 123 Å². The highest BCUT2D eigenvalue weighted by Crippen LogP contribution is 2.32. The zero-order chi connectivity index (χ0) is 14.5. The normalized spacial score (nSPS) is 12.6. The van der Waals surface area contributed by atoms with Crippen LogP contribution in [0.15, 0.2) is 30.3 Å². The third-order valence-electron chi connectivity index (χ3n) is 1.95. The van der Waals surface area contributed by atoms with Crippen LogP contribution >= 0.6 is 34.8 Å². The average molecular weight is 328 g/mol. The van der Waals surface area contributed by atoms with E-state index in [1.807, 2.05) is 0 Å². The van der Waals surface area contributed by atoms with Gasteiger partial charge in [-0.1, -0.05) is 53.0 Å². The van der Waals surface area contributed by atoms with Gasteiger partial charge >= 0.3 is 6.09 Å². The molecule has 0 saturated heterocycles. The second-order valence-corrected chi connectivity index (χ2v) is 5.81. The number of ether oxygens (including phenoxy) is 1. The third kappa shape index (κ3) is 5.96. The largest absolute Gasteiger partial charge is 0.434 e. The Morgan fingerprint density at radius 1 is 1.37 bits per heavy atom. The number of benzene rings is 1. The van der Waals surface area contributed by atoms with Gasteiger partial charge in [-0.2, -0.15) is 0 Å². The number of amides is 1. The predicted octanol–water partition coefficient (Wildman–Crippen LogP) is 3.25. The fourth-order valence-corrected chi connectivity index (χ4v) is 1.48. The summed E-state index contributed by atoms with van der Waals surface area (Å²) in [5.41, 5.74) is 0.455. The molecule has 0 bridgehead atoms. The SMILES string of the molecule is O=C(Nc1ccccc1)O[C@@H](C[N+](=O)[O-])C(Cl)(Cl)Cl. The molecule has 1 N–H and O–H groups in total. The summed E-state index contributed by atoms with van der Waals surface area (Å²) in [7, 11) is 0. The van der Waals surface area contributed by atoms with E-state index < -0.39 is 27.5 Å². The topological polar surface area (TPSA) is 81.5 Å². The number of rotatable bonds is 4. The lowest BCUT2D eigenvalue weighted by Crippen LogP contribution is -2.38. The summed E-state index contributed by atoms with van der Waals surface area (Å²) < 4.78 is 2.66. The van der Waals surface area contributed by atoms with Crippen LogP contribution in [0.1, 0.15) is 0 Å². The van der Waals surface area contributed by atoms with Crippen molar-refractivity contribution < 1.29 is 14.5 Å². The van der Waals surface area contributed by atoms with E-state index in [-0.39, 0.29) is 0 Å². The van der Waals surface area contributed by atoms with E-state index >= 15 is 0 Å². The first kappa shape index (κ1) is 15.8. The van der Waals surface area contributed by atoms with Gasteiger partial charge in [0.1, 0.15) is 0 Å². The van der Waals surface area contributed by atoms with E-state index in [0.29, 0.717) is 5.69 Å². The van der Waals surface area contributed by atoms with Gasteiger partial charge < -0.3 is 4.74 Å². The van der Waals surface area contributed by atoms with Crippen molar-refractivity contribution in [2.75, 3.05) is 11.9 Å². The maximum absolute atomic E-state index is 11.5. The van der Waals surface area contributed by atoms with Crippen LogP contribution in [0.5, 0.6) is 0 Å². The van der Waals surface area contributed by atoms with Crippen molar-refractivity contribution in [2.24, 2.45) is 0 Å². The predicted molar refractivity (Wildman–Crippen MR) is 72.5 cm³/mol. The summed E-state index contributed by atoms with van der Waals surface area (Å²) in [6, 6.07) is 8.36. The van der Waals surface area contributed by atoms with Crippen LogP contribution in [-0.4, -0.2) is 27.5 Å². The van der Waals surface area contributed by atoms with Crippen molar-refractivity contribution in [1.29, 1.82) is 0 Å². The van der Waals surface area contributed by atoms with Crippen LogP contribution in [0.2, 0.25) is 0 Å². The van der Waals surface area contributed by atoms with Gasteiger partial charge in [0, 0.05) is 10.6 Å². The Balaban J connectivity index is 2.64. The molecule has 0 unspecified atom stereocenters. The Kier molecular flexibility index (Phi) is 5.65. The zero-order valence-electron chi connectivity index (χ0n) is 9.39. The maximum Gasteiger partial charge on any atom is 0.412 e. The first-order chi connectivity index (χ1) is 8.79. The third-order valence-corrected chi connectivity index (χ3v) is 2.68. The van der Waals surface area contributed by atoms with Crippen molar-refractivity contribution in [2.45, 2.75) is 9.90 Å². The molecular formula is C10H9Cl3N2O4. The zero-order valence-corrected chi connectivity index (χ0v) is 11.7. The number of nitro groups is 1. The minimum atomic E-state index is -2.08. The molecule has 1 aromatic rings. The number of anilines is 1. The highest BCUT2D eigenvalue weighted by atomic mass is 35.6. The minimum Gasteiger partial charge on any atom is -0.434 e. The molecule has 0 aliphatic heterocycles. The van der Waals surface area contributed by atoms with Gasteiger partial charge in [0.25, 0.3) is 0 Å². The molecule has 0 aliphatic carbocycles. The van der Waals surface area contributed by atoms with E-state index in [4.69, 9.17) is 39.5 Å². The number of alkyl halides is 3. The Hall–Kier alpha value is -1.24. The number of halogens is 3. The maximum atomic E-state index is 11.5. The molecule has 0 spiro atoms. The summed E-state index contributed by atoms with van der Waals surface area (Å²) in [5, 5.41) is 12.8. The van der Waals surface area contributed by atoms with Crippen molar-refractivity contribution in [3.05, 3.63) is 40.4 Å². The first-order valence-corrected chi connectivity index (χ1v) is 6.13. The molecule has 6 nitrogen and oxygen atoms in total. The molecule has 104 valence electrons. The van der Waals surface area contributed by atoms with Crippen LogP contribution in [0.25, 0.3) is 0 Å². The van der Waals surface area contributed by atoms with Crippen molar-refractivity contribution in [3.8, 4) is 0 Å². The van der Waals surface area contributed by atoms with Gasteiger partial charge in [-0.15, -0.1) is 0 Å². The number of nitrogens with zero attached hydrogens (tertiary/aromatic N) is 1. The van der Waals surface area contributed by atoms with Crippen LogP contribution in [0, 0.1) is 10.1 Å². The first-order valence-electron chi connectivity index (χ1n) is 5.00. The van der Waals surface area contributed by atoms with Gasteiger partial charge in [0.2, 0.25) is 16.4 Å². The molecule has 19 heavy (non-hydrogen) atoms.